The number of rotatable bonds is 6. The fraction of sp³-hybridized carbons (Fsp3) is 0.867. The Balaban J connectivity index is 1.80. The highest BCUT2D eigenvalue weighted by Gasteiger charge is 2.31. The van der Waals surface area contributed by atoms with Gasteiger partial charge in [-0.15, -0.1) is 0 Å². The zero-order chi connectivity index (χ0) is 15.2. The molecule has 6 heteroatoms. The van der Waals surface area contributed by atoms with E-state index in [0.29, 0.717) is 25.6 Å². The van der Waals surface area contributed by atoms with Gasteiger partial charge in [-0.05, 0) is 32.2 Å². The summed E-state index contributed by atoms with van der Waals surface area (Å²) < 4.78 is 0. The number of likely N-dealkylation sites (N-methyl/N-ethyl adjacent to an activating group) is 1. The average Bonchev–Trinajstić information content (AvgIpc) is 3.28. The van der Waals surface area contributed by atoms with E-state index >= 15 is 0 Å². The lowest BCUT2D eigenvalue weighted by Gasteiger charge is -2.28. The SMILES string of the molecule is CCN(CCNC(=O)N1CCCCCC1C(=O)O)C1CC1. The van der Waals surface area contributed by atoms with E-state index in [1.54, 1.807) is 0 Å². The predicted molar refractivity (Wildman–Crippen MR) is 80.3 cm³/mol. The fourth-order valence-electron chi connectivity index (χ4n) is 3.05. The van der Waals surface area contributed by atoms with E-state index in [1.807, 2.05) is 0 Å². The Kier molecular flexibility index (Phi) is 5.85. The molecule has 120 valence electrons. The van der Waals surface area contributed by atoms with Gasteiger partial charge in [0.15, 0.2) is 0 Å². The number of aliphatic carboxylic acids is 1. The van der Waals surface area contributed by atoms with Crippen LogP contribution in [0.3, 0.4) is 0 Å². The number of carboxylic acid groups (broad SMARTS) is 1. The maximum Gasteiger partial charge on any atom is 0.326 e. The van der Waals surface area contributed by atoms with E-state index in [-0.39, 0.29) is 6.03 Å². The minimum Gasteiger partial charge on any atom is -0.480 e. The molecule has 1 atom stereocenters. The molecule has 1 aliphatic carbocycles. The van der Waals surface area contributed by atoms with Crippen molar-refractivity contribution in [3.8, 4) is 0 Å². The number of hydrogen-bond acceptors (Lipinski definition) is 3. The molecule has 6 nitrogen and oxygen atoms in total. The topological polar surface area (TPSA) is 72.9 Å². The van der Waals surface area contributed by atoms with Crippen molar-refractivity contribution >= 4 is 12.0 Å². The molecule has 21 heavy (non-hydrogen) atoms. The first-order valence-corrected chi connectivity index (χ1v) is 8.14. The van der Waals surface area contributed by atoms with Crippen LogP contribution < -0.4 is 5.32 Å². The predicted octanol–water partition coefficient (Wildman–Crippen LogP) is 1.51. The molecule has 0 bridgehead atoms. The van der Waals surface area contributed by atoms with Crippen molar-refractivity contribution in [2.24, 2.45) is 0 Å². The van der Waals surface area contributed by atoms with E-state index in [4.69, 9.17) is 0 Å². The average molecular weight is 297 g/mol. The maximum atomic E-state index is 12.3. The second kappa shape index (κ2) is 7.64. The van der Waals surface area contributed by atoms with Crippen LogP contribution >= 0.6 is 0 Å². The quantitative estimate of drug-likeness (QED) is 0.779. The number of carboxylic acids is 1. The molecule has 0 aromatic carbocycles. The van der Waals surface area contributed by atoms with Crippen molar-refractivity contribution in [1.29, 1.82) is 0 Å². The van der Waals surface area contributed by atoms with E-state index in [2.05, 4.69) is 17.1 Å². The van der Waals surface area contributed by atoms with Crippen LogP contribution in [0.5, 0.6) is 0 Å². The first kappa shape index (κ1) is 16.1. The van der Waals surface area contributed by atoms with Gasteiger partial charge < -0.3 is 15.3 Å². The van der Waals surface area contributed by atoms with Crippen molar-refractivity contribution in [3.05, 3.63) is 0 Å². The summed E-state index contributed by atoms with van der Waals surface area (Å²) in [7, 11) is 0. The first-order valence-electron chi connectivity index (χ1n) is 8.14. The van der Waals surface area contributed by atoms with Gasteiger partial charge in [0.1, 0.15) is 6.04 Å². The molecule has 2 N–H and O–H groups in total. The molecule has 0 aromatic heterocycles. The first-order chi connectivity index (χ1) is 10.1. The summed E-state index contributed by atoms with van der Waals surface area (Å²) in [6.07, 6.45) is 5.85. The Morgan fingerprint density at radius 1 is 1.24 bits per heavy atom. The molecule has 0 spiro atoms. The summed E-state index contributed by atoms with van der Waals surface area (Å²) in [5.41, 5.74) is 0. The summed E-state index contributed by atoms with van der Waals surface area (Å²) in [6.45, 7) is 5.12. The third-order valence-electron chi connectivity index (χ3n) is 4.44. The Hall–Kier alpha value is -1.30. The van der Waals surface area contributed by atoms with Crippen LogP contribution in [0, 0.1) is 0 Å². The largest absolute Gasteiger partial charge is 0.480 e. The molecule has 1 unspecified atom stereocenters. The summed E-state index contributed by atoms with van der Waals surface area (Å²) in [5.74, 6) is -0.889. The van der Waals surface area contributed by atoms with Crippen LogP contribution in [0.4, 0.5) is 4.79 Å². The zero-order valence-corrected chi connectivity index (χ0v) is 12.9. The van der Waals surface area contributed by atoms with Crippen molar-refractivity contribution in [1.82, 2.24) is 15.1 Å². The number of nitrogens with one attached hydrogen (secondary N) is 1. The lowest BCUT2D eigenvalue weighted by Crippen LogP contribution is -2.50. The Morgan fingerprint density at radius 2 is 2.00 bits per heavy atom. The van der Waals surface area contributed by atoms with Gasteiger partial charge in [-0.2, -0.15) is 0 Å². The minimum absolute atomic E-state index is 0.226. The summed E-state index contributed by atoms with van der Waals surface area (Å²) in [6, 6.07) is -0.203. The lowest BCUT2D eigenvalue weighted by atomic mass is 10.1. The molecular weight excluding hydrogens is 270 g/mol. The van der Waals surface area contributed by atoms with Gasteiger partial charge in [0.05, 0.1) is 0 Å². The molecule has 1 saturated carbocycles. The second-order valence-electron chi connectivity index (χ2n) is 5.99. The normalized spacial score (nSPS) is 23.0. The van der Waals surface area contributed by atoms with Crippen LogP contribution in [0.2, 0.25) is 0 Å². The van der Waals surface area contributed by atoms with Gasteiger partial charge in [0.2, 0.25) is 0 Å². The molecule has 2 rings (SSSR count). The van der Waals surface area contributed by atoms with Crippen LogP contribution in [-0.2, 0) is 4.79 Å². The highest BCUT2D eigenvalue weighted by atomic mass is 16.4. The Morgan fingerprint density at radius 3 is 2.62 bits per heavy atom. The third kappa shape index (κ3) is 4.59. The summed E-state index contributed by atoms with van der Waals surface area (Å²) in [5, 5.41) is 12.2. The van der Waals surface area contributed by atoms with Crippen molar-refractivity contribution in [3.63, 3.8) is 0 Å². The van der Waals surface area contributed by atoms with Gasteiger partial charge in [-0.3, -0.25) is 4.90 Å². The molecular formula is C15H27N3O3. The monoisotopic (exact) mass is 297 g/mol. The number of carbonyl (C=O) groups excluding carboxylic acids is 1. The van der Waals surface area contributed by atoms with Crippen LogP contribution in [0.15, 0.2) is 0 Å². The molecule has 2 fully saturated rings. The van der Waals surface area contributed by atoms with Gasteiger partial charge in [0.25, 0.3) is 0 Å². The van der Waals surface area contributed by atoms with Crippen molar-refractivity contribution in [2.45, 2.75) is 57.5 Å². The molecule has 2 amide bonds. The van der Waals surface area contributed by atoms with Gasteiger partial charge in [-0.1, -0.05) is 19.8 Å². The highest BCUT2D eigenvalue weighted by Crippen LogP contribution is 2.25. The number of nitrogens with zero attached hydrogens (tertiary/aromatic N) is 2. The van der Waals surface area contributed by atoms with Crippen LogP contribution in [-0.4, -0.2) is 65.2 Å². The standard InChI is InChI=1S/C15H27N3O3/c1-2-17(12-7-8-12)11-9-16-15(21)18-10-5-3-4-6-13(18)14(19)20/h12-13H,2-11H2,1H3,(H,16,21)(H,19,20). The van der Waals surface area contributed by atoms with E-state index in [1.165, 1.54) is 17.7 Å². The Bertz CT molecular complexity index is 371. The number of amides is 2. The summed E-state index contributed by atoms with van der Waals surface area (Å²) in [4.78, 5) is 27.4. The zero-order valence-electron chi connectivity index (χ0n) is 12.9. The third-order valence-corrected chi connectivity index (χ3v) is 4.44. The number of likely N-dealkylation sites (tertiary alicyclic amines) is 1. The number of carbonyl (C=O) groups is 2. The van der Waals surface area contributed by atoms with Gasteiger partial charge in [-0.25, -0.2) is 9.59 Å². The molecule has 2 aliphatic rings. The maximum absolute atomic E-state index is 12.3. The van der Waals surface area contributed by atoms with Gasteiger partial charge >= 0.3 is 12.0 Å². The minimum atomic E-state index is -0.889. The fourth-order valence-corrected chi connectivity index (χ4v) is 3.05. The van der Waals surface area contributed by atoms with Crippen LogP contribution in [0.1, 0.15) is 45.4 Å². The smallest absolute Gasteiger partial charge is 0.326 e. The molecule has 1 saturated heterocycles. The van der Waals surface area contributed by atoms with Gasteiger partial charge in [0, 0.05) is 25.7 Å². The van der Waals surface area contributed by atoms with Crippen LogP contribution in [0.25, 0.3) is 0 Å². The molecule has 1 aliphatic heterocycles. The van der Waals surface area contributed by atoms with Crippen molar-refractivity contribution in [2.75, 3.05) is 26.2 Å². The van der Waals surface area contributed by atoms with Crippen molar-refractivity contribution < 1.29 is 14.7 Å². The van der Waals surface area contributed by atoms with E-state index in [0.717, 1.165) is 32.4 Å². The Labute approximate surface area is 126 Å². The van der Waals surface area contributed by atoms with E-state index < -0.39 is 12.0 Å². The highest BCUT2D eigenvalue weighted by molar-refractivity contribution is 5.82. The molecule has 0 aromatic rings. The molecule has 1 heterocycles. The lowest BCUT2D eigenvalue weighted by molar-refractivity contribution is -0.142. The molecule has 0 radical (unpaired) electrons. The second-order valence-corrected chi connectivity index (χ2v) is 5.99. The number of urea groups is 1. The number of hydrogen-bond donors (Lipinski definition) is 2. The summed E-state index contributed by atoms with van der Waals surface area (Å²) >= 11 is 0. The van der Waals surface area contributed by atoms with E-state index in [9.17, 15) is 14.7 Å².